The first-order valence-corrected chi connectivity index (χ1v) is 15.8. The van der Waals surface area contributed by atoms with Gasteiger partial charge in [0, 0.05) is 43.5 Å². The van der Waals surface area contributed by atoms with Crippen LogP contribution in [0.4, 0.5) is 11.4 Å². The lowest BCUT2D eigenvalue weighted by atomic mass is 9.89. The number of piperazine rings is 1. The molecule has 3 atom stereocenters. The number of aryl methyl sites for hydroxylation is 1. The zero-order chi connectivity index (χ0) is 29.9. The van der Waals surface area contributed by atoms with Crippen molar-refractivity contribution in [1.29, 1.82) is 10.5 Å². The minimum absolute atomic E-state index is 0.0512. The number of aromatic nitrogens is 1. The van der Waals surface area contributed by atoms with E-state index in [0.29, 0.717) is 37.6 Å². The van der Waals surface area contributed by atoms with Crippen LogP contribution in [0, 0.1) is 22.7 Å². The van der Waals surface area contributed by atoms with Crippen LogP contribution in [0.1, 0.15) is 66.5 Å². The SMILES string of the molecule is C=CC(=O)N1CCN(c2c(C#N)c(O[C@@H]3CCC[C@H]3NC)nc3c2CCN(c2cccc4c2CCCC4)C3)C[C@@H]1CC#N. The highest BCUT2D eigenvalue weighted by Gasteiger charge is 2.36. The van der Waals surface area contributed by atoms with Gasteiger partial charge in [0.05, 0.1) is 36.5 Å². The third kappa shape index (κ3) is 5.55. The lowest BCUT2D eigenvalue weighted by Crippen LogP contribution is -2.55. The molecule has 0 spiro atoms. The minimum Gasteiger partial charge on any atom is -0.472 e. The van der Waals surface area contributed by atoms with E-state index in [1.54, 1.807) is 4.90 Å². The topological polar surface area (TPSA) is 109 Å². The molecule has 9 nitrogen and oxygen atoms in total. The van der Waals surface area contributed by atoms with Crippen LogP contribution < -0.4 is 19.9 Å². The number of pyridine rings is 1. The number of likely N-dealkylation sites (N-methyl/N-ethyl adjacent to an activating group) is 1. The highest BCUT2D eigenvalue weighted by atomic mass is 16.5. The number of nitrogens with one attached hydrogen (secondary N) is 1. The molecule has 2 aromatic rings. The van der Waals surface area contributed by atoms with Crippen molar-refractivity contribution in [1.82, 2.24) is 15.2 Å². The van der Waals surface area contributed by atoms with Gasteiger partial charge in [-0.3, -0.25) is 4.79 Å². The van der Waals surface area contributed by atoms with Crippen molar-refractivity contribution in [2.24, 2.45) is 0 Å². The zero-order valence-corrected chi connectivity index (χ0v) is 25.1. The van der Waals surface area contributed by atoms with Gasteiger partial charge in [0.15, 0.2) is 0 Å². The maximum atomic E-state index is 12.6. The molecule has 0 unspecified atom stereocenters. The number of hydrogen-bond acceptors (Lipinski definition) is 8. The summed E-state index contributed by atoms with van der Waals surface area (Å²) in [5.74, 6) is 0.240. The Balaban J connectivity index is 1.40. The number of nitrogens with zero attached hydrogens (tertiary/aromatic N) is 6. The molecular weight excluding hydrogens is 538 g/mol. The summed E-state index contributed by atoms with van der Waals surface area (Å²) in [5.41, 5.74) is 7.59. The van der Waals surface area contributed by atoms with E-state index in [0.717, 1.165) is 62.0 Å². The van der Waals surface area contributed by atoms with Gasteiger partial charge in [0.2, 0.25) is 11.8 Å². The van der Waals surface area contributed by atoms with Crippen LogP contribution in [-0.2, 0) is 30.6 Å². The normalized spacial score (nSPS) is 23.1. The van der Waals surface area contributed by atoms with Crippen LogP contribution in [0.3, 0.4) is 0 Å². The Hall–Kier alpha value is -4.08. The number of fused-ring (bicyclic) bond motifs is 2. The van der Waals surface area contributed by atoms with Crippen LogP contribution in [-0.4, -0.2) is 67.2 Å². The van der Waals surface area contributed by atoms with Crippen LogP contribution in [0.2, 0.25) is 0 Å². The van der Waals surface area contributed by atoms with Crippen LogP contribution >= 0.6 is 0 Å². The molecule has 1 saturated heterocycles. The van der Waals surface area contributed by atoms with Crippen molar-refractivity contribution in [3.8, 4) is 18.0 Å². The predicted molar refractivity (Wildman–Crippen MR) is 166 cm³/mol. The molecule has 1 N–H and O–H groups in total. The lowest BCUT2D eigenvalue weighted by molar-refractivity contribution is -0.128. The molecule has 1 aromatic carbocycles. The van der Waals surface area contributed by atoms with E-state index in [9.17, 15) is 15.3 Å². The smallest absolute Gasteiger partial charge is 0.246 e. The average Bonchev–Trinajstić information content (AvgIpc) is 3.50. The third-order valence-electron chi connectivity index (χ3n) is 9.79. The number of ether oxygens (including phenoxy) is 1. The van der Waals surface area contributed by atoms with Crippen molar-refractivity contribution in [2.45, 2.75) is 82.5 Å². The molecule has 0 radical (unpaired) electrons. The van der Waals surface area contributed by atoms with Crippen molar-refractivity contribution in [3.63, 3.8) is 0 Å². The fourth-order valence-corrected chi connectivity index (χ4v) is 7.62. The van der Waals surface area contributed by atoms with Gasteiger partial charge in [-0.15, -0.1) is 0 Å². The maximum Gasteiger partial charge on any atom is 0.246 e. The second kappa shape index (κ2) is 12.7. The zero-order valence-electron chi connectivity index (χ0n) is 25.1. The second-order valence-corrected chi connectivity index (χ2v) is 12.2. The average molecular weight is 580 g/mol. The third-order valence-corrected chi connectivity index (χ3v) is 9.79. The van der Waals surface area contributed by atoms with Crippen molar-refractivity contribution in [3.05, 3.63) is 58.8 Å². The molecule has 224 valence electrons. The Morgan fingerprint density at radius 3 is 2.77 bits per heavy atom. The van der Waals surface area contributed by atoms with Gasteiger partial charge in [0.1, 0.15) is 17.7 Å². The van der Waals surface area contributed by atoms with Gasteiger partial charge in [-0.05, 0) is 81.7 Å². The van der Waals surface area contributed by atoms with E-state index in [2.05, 4.69) is 52.0 Å². The summed E-state index contributed by atoms with van der Waals surface area (Å²) in [6, 6.07) is 11.3. The molecule has 1 saturated carbocycles. The summed E-state index contributed by atoms with van der Waals surface area (Å²) >= 11 is 0. The van der Waals surface area contributed by atoms with Gasteiger partial charge in [-0.2, -0.15) is 10.5 Å². The van der Waals surface area contributed by atoms with E-state index in [-0.39, 0.29) is 30.5 Å². The summed E-state index contributed by atoms with van der Waals surface area (Å²) in [6.07, 6.45) is 9.96. The molecule has 1 aromatic heterocycles. The molecular formula is C34H41N7O2. The lowest BCUT2D eigenvalue weighted by Gasteiger charge is -2.43. The second-order valence-electron chi connectivity index (χ2n) is 12.2. The Bertz CT molecular complexity index is 1470. The Labute approximate surface area is 254 Å². The molecule has 0 bridgehead atoms. The van der Waals surface area contributed by atoms with E-state index in [1.807, 2.05) is 7.05 Å². The minimum atomic E-state index is -0.289. The Kier molecular flexibility index (Phi) is 8.54. The monoisotopic (exact) mass is 579 g/mol. The Morgan fingerprint density at radius 1 is 1.12 bits per heavy atom. The van der Waals surface area contributed by atoms with E-state index in [1.165, 1.54) is 35.7 Å². The summed E-state index contributed by atoms with van der Waals surface area (Å²) < 4.78 is 6.61. The molecule has 2 aliphatic carbocycles. The van der Waals surface area contributed by atoms with E-state index >= 15 is 0 Å². The number of nitriles is 2. The molecule has 3 heterocycles. The highest BCUT2D eigenvalue weighted by Crippen LogP contribution is 2.40. The van der Waals surface area contributed by atoms with Gasteiger partial charge in [0.25, 0.3) is 0 Å². The quantitative estimate of drug-likeness (QED) is 0.490. The van der Waals surface area contributed by atoms with Crippen LogP contribution in [0.5, 0.6) is 5.88 Å². The van der Waals surface area contributed by atoms with Gasteiger partial charge >= 0.3 is 0 Å². The number of amides is 1. The summed E-state index contributed by atoms with van der Waals surface area (Å²) in [4.78, 5) is 24.1. The first kappa shape index (κ1) is 29.0. The van der Waals surface area contributed by atoms with Crippen molar-refractivity contribution in [2.75, 3.05) is 43.0 Å². The number of benzene rings is 1. The fourth-order valence-electron chi connectivity index (χ4n) is 7.62. The summed E-state index contributed by atoms with van der Waals surface area (Å²) in [6.45, 7) is 6.64. The standard InChI is InChI=1S/C34H41N7O2/c1-3-32(42)41-19-18-40(21-24(41)14-16-35)33-26-15-17-39(30-12-6-9-23-8-4-5-10-25(23)30)22-29(26)38-34(27(33)20-36)43-31-13-7-11-28(31)37-2/h3,6,9,12,24,28,31,37H,1,4-5,7-8,10-11,13-15,17-19,21-22H2,2H3/t24-,28+,31+/m0/s1. The van der Waals surface area contributed by atoms with E-state index in [4.69, 9.17) is 9.72 Å². The first-order chi connectivity index (χ1) is 21.1. The molecule has 2 aliphatic heterocycles. The molecule has 9 heteroatoms. The molecule has 2 fully saturated rings. The molecule has 43 heavy (non-hydrogen) atoms. The van der Waals surface area contributed by atoms with Crippen molar-refractivity contribution >= 4 is 17.3 Å². The van der Waals surface area contributed by atoms with Gasteiger partial charge in [-0.1, -0.05) is 18.7 Å². The molecule has 6 rings (SSSR count). The Morgan fingerprint density at radius 2 is 1.98 bits per heavy atom. The number of anilines is 2. The van der Waals surface area contributed by atoms with E-state index < -0.39 is 0 Å². The summed E-state index contributed by atoms with van der Waals surface area (Å²) in [5, 5.41) is 23.6. The number of carbonyl (C=O) groups excluding carboxylic acids is 1. The fraction of sp³-hybridized carbons (Fsp3) is 0.529. The van der Waals surface area contributed by atoms with Gasteiger partial charge < -0.3 is 24.8 Å². The maximum absolute atomic E-state index is 12.6. The van der Waals surface area contributed by atoms with Crippen molar-refractivity contribution < 1.29 is 9.53 Å². The molecule has 4 aliphatic rings. The largest absolute Gasteiger partial charge is 0.472 e. The van der Waals surface area contributed by atoms with Gasteiger partial charge in [-0.25, -0.2) is 4.98 Å². The summed E-state index contributed by atoms with van der Waals surface area (Å²) in [7, 11) is 1.96. The van der Waals surface area contributed by atoms with Crippen LogP contribution in [0.25, 0.3) is 0 Å². The molecule has 1 amide bonds. The highest BCUT2D eigenvalue weighted by molar-refractivity contribution is 5.87. The first-order valence-electron chi connectivity index (χ1n) is 15.8. The number of hydrogen-bond donors (Lipinski definition) is 1. The number of rotatable bonds is 7. The predicted octanol–water partition coefficient (Wildman–Crippen LogP) is 4.03. The van der Waals surface area contributed by atoms with Crippen LogP contribution in [0.15, 0.2) is 30.9 Å². The number of carbonyl (C=O) groups is 1.